The van der Waals surface area contributed by atoms with Crippen molar-refractivity contribution in [3.05, 3.63) is 52.8 Å². The van der Waals surface area contributed by atoms with E-state index in [0.717, 1.165) is 12.1 Å². The fourth-order valence-electron chi connectivity index (χ4n) is 2.02. The van der Waals surface area contributed by atoms with Crippen LogP contribution >= 0.6 is 0 Å². The van der Waals surface area contributed by atoms with E-state index in [9.17, 15) is 26.7 Å². The number of nitrogens with one attached hydrogen (secondary N) is 1. The van der Waals surface area contributed by atoms with Crippen molar-refractivity contribution >= 4 is 28.4 Å². The largest absolute Gasteiger partial charge is 0.394 e. The second kappa shape index (κ2) is 5.48. The molecule has 1 aromatic heterocycles. The lowest BCUT2D eigenvalue weighted by atomic mass is 10.1. The number of nitrogens with two attached hydrogens (primary N) is 1. The number of hydrogen-bond acceptors (Lipinski definition) is 4. The highest BCUT2D eigenvalue weighted by molar-refractivity contribution is 6.08. The lowest BCUT2D eigenvalue weighted by Gasteiger charge is -2.05. The summed E-state index contributed by atoms with van der Waals surface area (Å²) in [5.74, 6) is -8.63. The molecule has 0 spiro atoms. The van der Waals surface area contributed by atoms with E-state index < -0.39 is 63.0 Å². The summed E-state index contributed by atoms with van der Waals surface area (Å²) in [5.41, 5.74) is 2.51. The Balaban J connectivity index is 2.06. The number of carbonyl (C=O) groups is 1. The molecular formula is C14H6F5N3O2. The molecule has 124 valence electrons. The highest BCUT2D eigenvalue weighted by Gasteiger charge is 2.26. The molecule has 10 heteroatoms. The van der Waals surface area contributed by atoms with Gasteiger partial charge in [-0.25, -0.2) is 22.0 Å². The molecule has 3 N–H and O–H groups in total. The number of rotatable bonds is 2. The van der Waals surface area contributed by atoms with Gasteiger partial charge in [-0.1, -0.05) is 5.16 Å². The maximum absolute atomic E-state index is 13.9. The Morgan fingerprint density at radius 2 is 1.79 bits per heavy atom. The van der Waals surface area contributed by atoms with Crippen molar-refractivity contribution in [3.8, 4) is 0 Å². The number of nitrogens with zero attached hydrogens (tertiary/aromatic N) is 1. The molecule has 0 atom stereocenters. The maximum Gasteiger partial charge on any atom is 0.259 e. The predicted octanol–water partition coefficient (Wildman–Crippen LogP) is 3.36. The summed E-state index contributed by atoms with van der Waals surface area (Å²) in [7, 11) is 0. The van der Waals surface area contributed by atoms with Crippen molar-refractivity contribution in [2.45, 2.75) is 0 Å². The first-order valence-electron chi connectivity index (χ1n) is 6.29. The van der Waals surface area contributed by atoms with Gasteiger partial charge in [0.2, 0.25) is 5.58 Å². The van der Waals surface area contributed by atoms with Crippen molar-refractivity contribution in [2.75, 3.05) is 11.1 Å². The molecule has 0 aliphatic carbocycles. The molecule has 3 aromatic rings. The van der Waals surface area contributed by atoms with Crippen LogP contribution in [0.15, 0.2) is 22.7 Å². The SMILES string of the molecule is Nc1c(F)c(F)c2c(NC(=O)c3ccc(F)cc3F)noc2c1F. The van der Waals surface area contributed by atoms with E-state index in [-0.39, 0.29) is 0 Å². The molecule has 0 aliphatic heterocycles. The number of nitrogen functional groups attached to an aromatic ring is 1. The third kappa shape index (κ3) is 2.32. The van der Waals surface area contributed by atoms with Gasteiger partial charge >= 0.3 is 0 Å². The summed E-state index contributed by atoms with van der Waals surface area (Å²) >= 11 is 0. The van der Waals surface area contributed by atoms with Gasteiger partial charge in [0, 0.05) is 6.07 Å². The van der Waals surface area contributed by atoms with Gasteiger partial charge in [-0.3, -0.25) is 4.79 Å². The average Bonchev–Trinajstić information content (AvgIpc) is 2.94. The molecule has 3 rings (SSSR count). The van der Waals surface area contributed by atoms with E-state index in [1.165, 1.54) is 0 Å². The number of amides is 1. The summed E-state index contributed by atoms with van der Waals surface area (Å²) in [6.45, 7) is 0. The zero-order valence-corrected chi connectivity index (χ0v) is 11.5. The van der Waals surface area contributed by atoms with Gasteiger partial charge in [0.1, 0.15) is 22.7 Å². The summed E-state index contributed by atoms with van der Waals surface area (Å²) in [4.78, 5) is 11.9. The highest BCUT2D eigenvalue weighted by atomic mass is 19.2. The number of halogens is 5. The van der Waals surface area contributed by atoms with E-state index >= 15 is 0 Å². The minimum atomic E-state index is -1.69. The number of carbonyl (C=O) groups excluding carboxylic acids is 1. The zero-order valence-electron chi connectivity index (χ0n) is 11.5. The Morgan fingerprint density at radius 3 is 2.46 bits per heavy atom. The molecule has 5 nitrogen and oxygen atoms in total. The summed E-state index contributed by atoms with van der Waals surface area (Å²) in [5, 5.41) is 4.33. The van der Waals surface area contributed by atoms with Gasteiger partial charge in [0.05, 0.1) is 5.56 Å². The van der Waals surface area contributed by atoms with E-state index in [4.69, 9.17) is 5.73 Å². The fraction of sp³-hybridized carbons (Fsp3) is 0. The molecule has 0 radical (unpaired) electrons. The smallest absolute Gasteiger partial charge is 0.259 e. The summed E-state index contributed by atoms with van der Waals surface area (Å²) in [6.07, 6.45) is 0. The summed E-state index contributed by atoms with van der Waals surface area (Å²) < 4.78 is 72.1. The molecule has 0 saturated heterocycles. The Kier molecular flexibility index (Phi) is 3.59. The molecule has 2 aromatic carbocycles. The average molecular weight is 343 g/mol. The van der Waals surface area contributed by atoms with Crippen LogP contribution in [-0.2, 0) is 0 Å². The van der Waals surface area contributed by atoms with Crippen LogP contribution in [0.25, 0.3) is 11.0 Å². The zero-order chi connectivity index (χ0) is 17.6. The molecule has 24 heavy (non-hydrogen) atoms. The Labute approximate surface area is 129 Å². The molecular weight excluding hydrogens is 337 g/mol. The first-order valence-corrected chi connectivity index (χ1v) is 6.29. The first-order chi connectivity index (χ1) is 11.3. The second-order valence-electron chi connectivity index (χ2n) is 4.67. The number of aromatic nitrogens is 1. The standard InChI is InChI=1S/C14H6F5N3O2/c15-4-1-2-5(6(16)3-4)14(23)21-13-7-8(17)9(18)11(20)10(19)12(7)24-22-13/h1-3H,20H2,(H,21,22,23). The van der Waals surface area contributed by atoms with Crippen molar-refractivity contribution < 1.29 is 31.3 Å². The van der Waals surface area contributed by atoms with Gasteiger partial charge < -0.3 is 15.6 Å². The summed E-state index contributed by atoms with van der Waals surface area (Å²) in [6, 6.07) is 2.10. The van der Waals surface area contributed by atoms with E-state index in [1.54, 1.807) is 0 Å². The third-order valence-electron chi connectivity index (χ3n) is 3.18. The van der Waals surface area contributed by atoms with Gasteiger partial charge in [-0.05, 0) is 12.1 Å². The highest BCUT2D eigenvalue weighted by Crippen LogP contribution is 2.33. The molecule has 0 fully saturated rings. The van der Waals surface area contributed by atoms with Crippen molar-refractivity contribution in [1.29, 1.82) is 0 Å². The Hall–Kier alpha value is -3.17. The van der Waals surface area contributed by atoms with Gasteiger partial charge in [-0.15, -0.1) is 0 Å². The molecule has 0 aliphatic rings. The fourth-order valence-corrected chi connectivity index (χ4v) is 2.02. The maximum atomic E-state index is 13.9. The van der Waals surface area contributed by atoms with Crippen molar-refractivity contribution in [2.24, 2.45) is 0 Å². The second-order valence-corrected chi connectivity index (χ2v) is 4.67. The van der Waals surface area contributed by atoms with E-state index in [2.05, 4.69) is 9.68 Å². The third-order valence-corrected chi connectivity index (χ3v) is 3.18. The number of fused-ring (bicyclic) bond motifs is 1. The van der Waals surface area contributed by atoms with Crippen LogP contribution in [0.1, 0.15) is 10.4 Å². The van der Waals surface area contributed by atoms with E-state index in [0.29, 0.717) is 6.07 Å². The molecule has 1 amide bonds. The van der Waals surface area contributed by atoms with Crippen molar-refractivity contribution in [1.82, 2.24) is 5.16 Å². The minimum Gasteiger partial charge on any atom is -0.394 e. The minimum absolute atomic E-state index is 0.455. The number of hydrogen-bond donors (Lipinski definition) is 2. The van der Waals surface area contributed by atoms with Gasteiger partial charge in [0.25, 0.3) is 5.91 Å². The van der Waals surface area contributed by atoms with Crippen LogP contribution in [0.5, 0.6) is 0 Å². The van der Waals surface area contributed by atoms with E-state index in [1.807, 2.05) is 5.32 Å². The molecule has 0 saturated carbocycles. The molecule has 0 bridgehead atoms. The van der Waals surface area contributed by atoms with Crippen LogP contribution in [0, 0.1) is 29.1 Å². The lowest BCUT2D eigenvalue weighted by Crippen LogP contribution is -2.14. The Morgan fingerprint density at radius 1 is 1.08 bits per heavy atom. The quantitative estimate of drug-likeness (QED) is 0.425. The van der Waals surface area contributed by atoms with Crippen LogP contribution in [0.2, 0.25) is 0 Å². The lowest BCUT2D eigenvalue weighted by molar-refractivity contribution is 0.102. The van der Waals surface area contributed by atoms with Gasteiger partial charge in [0.15, 0.2) is 23.3 Å². The van der Waals surface area contributed by atoms with Crippen LogP contribution in [-0.4, -0.2) is 11.1 Å². The first kappa shape index (κ1) is 15.7. The molecule has 1 heterocycles. The number of benzene rings is 2. The number of anilines is 2. The monoisotopic (exact) mass is 343 g/mol. The van der Waals surface area contributed by atoms with Gasteiger partial charge in [-0.2, -0.15) is 0 Å². The van der Waals surface area contributed by atoms with Crippen molar-refractivity contribution in [3.63, 3.8) is 0 Å². The predicted molar refractivity (Wildman–Crippen MR) is 72.6 cm³/mol. The van der Waals surface area contributed by atoms with Crippen LogP contribution in [0.3, 0.4) is 0 Å². The van der Waals surface area contributed by atoms with Crippen LogP contribution < -0.4 is 11.1 Å². The normalized spacial score (nSPS) is 11.0. The molecule has 0 unspecified atom stereocenters. The van der Waals surface area contributed by atoms with Crippen LogP contribution in [0.4, 0.5) is 33.5 Å². The topological polar surface area (TPSA) is 81.1 Å². The Bertz CT molecular complexity index is 986.